The summed E-state index contributed by atoms with van der Waals surface area (Å²) in [5.74, 6) is -1.25. The first-order chi connectivity index (χ1) is 11.5. The van der Waals surface area contributed by atoms with Crippen molar-refractivity contribution < 1.29 is 14.4 Å². The molecule has 0 spiro atoms. The molecule has 0 heterocycles. The lowest BCUT2D eigenvalue weighted by molar-refractivity contribution is -0.136. The second-order valence-electron chi connectivity index (χ2n) is 6.14. The van der Waals surface area contributed by atoms with E-state index in [0.717, 1.165) is 10.0 Å². The minimum atomic E-state index is -0.791. The van der Waals surface area contributed by atoms with Crippen LogP contribution in [0.25, 0.3) is 0 Å². The average molecular weight is 385 g/mol. The topological polar surface area (TPSA) is 51.2 Å². The third-order valence-corrected chi connectivity index (χ3v) is 5.03. The quantitative estimate of drug-likeness (QED) is 0.581. The average Bonchev–Trinajstić information content (AvgIpc) is 2.59. The van der Waals surface area contributed by atoms with Crippen molar-refractivity contribution in [2.45, 2.75) is 25.2 Å². The van der Waals surface area contributed by atoms with Crippen LogP contribution in [0.2, 0.25) is 0 Å². The van der Waals surface area contributed by atoms with Gasteiger partial charge >= 0.3 is 0 Å². The number of hydrogen-bond acceptors (Lipinski definition) is 3. The summed E-state index contributed by atoms with van der Waals surface area (Å²) in [6.07, 6.45) is 0.628. The number of carbonyl (C=O) groups is 3. The van der Waals surface area contributed by atoms with Crippen molar-refractivity contribution in [3.8, 4) is 0 Å². The van der Waals surface area contributed by atoms with Crippen molar-refractivity contribution in [2.24, 2.45) is 5.92 Å². The molecule has 0 aliphatic heterocycles. The van der Waals surface area contributed by atoms with Gasteiger partial charge in [0.25, 0.3) is 0 Å². The van der Waals surface area contributed by atoms with Gasteiger partial charge in [-0.15, -0.1) is 0 Å². The molecule has 0 saturated heterocycles. The van der Waals surface area contributed by atoms with Crippen LogP contribution in [0.3, 0.4) is 0 Å². The van der Waals surface area contributed by atoms with Crippen LogP contribution >= 0.6 is 15.9 Å². The number of carbonyl (C=O) groups excluding carboxylic acids is 3. The lowest BCUT2D eigenvalue weighted by atomic mass is 9.75. The Hall–Kier alpha value is -2.07. The molecule has 0 N–H and O–H groups in total. The number of Topliss-reactive ketones (excluding diaryl/α,β-unsaturated/α-hetero) is 3. The molecular weight excluding hydrogens is 368 g/mol. The summed E-state index contributed by atoms with van der Waals surface area (Å²) in [4.78, 5) is 37.2. The van der Waals surface area contributed by atoms with Crippen LogP contribution < -0.4 is 0 Å². The van der Waals surface area contributed by atoms with Crippen LogP contribution in [0.4, 0.5) is 0 Å². The van der Waals surface area contributed by atoms with Crippen molar-refractivity contribution in [3.05, 3.63) is 70.2 Å². The van der Waals surface area contributed by atoms with Gasteiger partial charge in [-0.05, 0) is 23.6 Å². The predicted octanol–water partition coefficient (Wildman–Crippen LogP) is 4.35. The van der Waals surface area contributed by atoms with Crippen molar-refractivity contribution in [1.29, 1.82) is 0 Å². The van der Waals surface area contributed by atoms with E-state index in [1.165, 1.54) is 0 Å². The highest BCUT2D eigenvalue weighted by molar-refractivity contribution is 9.10. The van der Waals surface area contributed by atoms with Crippen molar-refractivity contribution in [1.82, 2.24) is 0 Å². The predicted molar refractivity (Wildman–Crippen MR) is 95.0 cm³/mol. The summed E-state index contributed by atoms with van der Waals surface area (Å²) >= 11 is 3.32. The lowest BCUT2D eigenvalue weighted by Gasteiger charge is -2.26. The molecule has 122 valence electrons. The van der Waals surface area contributed by atoms with E-state index >= 15 is 0 Å². The normalized spacial score (nSPS) is 20.9. The van der Waals surface area contributed by atoms with Crippen molar-refractivity contribution >= 4 is 33.3 Å². The molecule has 0 amide bonds. The zero-order valence-electron chi connectivity index (χ0n) is 13.1. The first kappa shape index (κ1) is 16.8. The molecule has 0 aromatic heterocycles. The molecule has 1 aliphatic rings. The van der Waals surface area contributed by atoms with Gasteiger partial charge < -0.3 is 0 Å². The number of halogens is 1. The molecule has 1 aliphatic carbocycles. The maximum absolute atomic E-state index is 12.4. The Morgan fingerprint density at radius 2 is 1.50 bits per heavy atom. The van der Waals surface area contributed by atoms with Crippen molar-refractivity contribution in [3.63, 3.8) is 0 Å². The van der Waals surface area contributed by atoms with Gasteiger partial charge in [0.1, 0.15) is 11.6 Å². The second-order valence-corrected chi connectivity index (χ2v) is 7.05. The van der Waals surface area contributed by atoms with Gasteiger partial charge in [0, 0.05) is 29.3 Å². The summed E-state index contributed by atoms with van der Waals surface area (Å²) in [7, 11) is 0. The highest BCUT2D eigenvalue weighted by Gasteiger charge is 2.37. The van der Waals surface area contributed by atoms with Gasteiger partial charge in [-0.3, -0.25) is 14.4 Å². The van der Waals surface area contributed by atoms with Crippen LogP contribution in [-0.4, -0.2) is 17.3 Å². The largest absolute Gasteiger partial charge is 0.299 e. The van der Waals surface area contributed by atoms with Crippen LogP contribution in [0.1, 0.15) is 41.1 Å². The van der Waals surface area contributed by atoms with Gasteiger partial charge in [-0.1, -0.05) is 58.4 Å². The Kier molecular flexibility index (Phi) is 5.05. The molecule has 0 unspecified atom stereocenters. The maximum atomic E-state index is 12.4. The van der Waals surface area contributed by atoms with E-state index in [1.54, 1.807) is 24.3 Å². The third kappa shape index (κ3) is 3.70. The Morgan fingerprint density at radius 1 is 0.917 bits per heavy atom. The van der Waals surface area contributed by atoms with E-state index in [0.29, 0.717) is 18.4 Å². The third-order valence-electron chi connectivity index (χ3n) is 4.50. The molecule has 3 rings (SSSR count). The standard InChI is InChI=1S/C20H17BrO3/c21-16-8-6-14(7-9-16)18(22)12-17-19(23)10-15(11-20(17)24)13-4-2-1-3-5-13/h1-9,15,17H,10-12H2. The Morgan fingerprint density at radius 3 is 2.08 bits per heavy atom. The summed E-state index contributed by atoms with van der Waals surface area (Å²) in [6.45, 7) is 0. The van der Waals surface area contributed by atoms with Gasteiger partial charge in [0.05, 0.1) is 5.92 Å². The van der Waals surface area contributed by atoms with E-state index in [2.05, 4.69) is 15.9 Å². The number of ketones is 3. The fourth-order valence-corrected chi connectivity index (χ4v) is 3.41. The van der Waals surface area contributed by atoms with Gasteiger partial charge in [-0.2, -0.15) is 0 Å². The van der Waals surface area contributed by atoms with E-state index in [9.17, 15) is 14.4 Å². The van der Waals surface area contributed by atoms with Crippen LogP contribution in [0.5, 0.6) is 0 Å². The zero-order chi connectivity index (χ0) is 17.1. The molecule has 4 heteroatoms. The highest BCUT2D eigenvalue weighted by atomic mass is 79.9. The Balaban J connectivity index is 1.69. The minimum Gasteiger partial charge on any atom is -0.299 e. The summed E-state index contributed by atoms with van der Waals surface area (Å²) < 4.78 is 0.884. The van der Waals surface area contributed by atoms with E-state index in [-0.39, 0.29) is 29.7 Å². The number of hydrogen-bond donors (Lipinski definition) is 0. The maximum Gasteiger partial charge on any atom is 0.164 e. The lowest BCUT2D eigenvalue weighted by Crippen LogP contribution is -2.34. The van der Waals surface area contributed by atoms with Gasteiger partial charge in [0.2, 0.25) is 0 Å². The van der Waals surface area contributed by atoms with E-state index < -0.39 is 5.92 Å². The van der Waals surface area contributed by atoms with Crippen molar-refractivity contribution in [2.75, 3.05) is 0 Å². The zero-order valence-corrected chi connectivity index (χ0v) is 14.7. The van der Waals surface area contributed by atoms with Crippen LogP contribution in [-0.2, 0) is 9.59 Å². The molecule has 2 aromatic rings. The molecule has 0 bridgehead atoms. The minimum absolute atomic E-state index is 0.0270. The van der Waals surface area contributed by atoms with Gasteiger partial charge in [-0.25, -0.2) is 0 Å². The molecule has 1 saturated carbocycles. The smallest absolute Gasteiger partial charge is 0.164 e. The summed E-state index contributed by atoms with van der Waals surface area (Å²) in [5, 5.41) is 0. The molecule has 3 nitrogen and oxygen atoms in total. The second kappa shape index (κ2) is 7.22. The van der Waals surface area contributed by atoms with Crippen LogP contribution in [0, 0.1) is 5.92 Å². The molecule has 24 heavy (non-hydrogen) atoms. The number of benzene rings is 2. The molecule has 0 atom stereocenters. The molecule has 0 radical (unpaired) electrons. The molecule has 2 aromatic carbocycles. The van der Waals surface area contributed by atoms with Gasteiger partial charge in [0.15, 0.2) is 5.78 Å². The fraction of sp³-hybridized carbons (Fsp3) is 0.250. The first-order valence-electron chi connectivity index (χ1n) is 7.93. The van der Waals surface area contributed by atoms with Crippen LogP contribution in [0.15, 0.2) is 59.1 Å². The highest BCUT2D eigenvalue weighted by Crippen LogP contribution is 2.33. The van der Waals surface area contributed by atoms with E-state index in [1.807, 2.05) is 30.3 Å². The summed E-state index contributed by atoms with van der Waals surface area (Å²) in [5.41, 5.74) is 1.54. The SMILES string of the molecule is O=C(CC1C(=O)CC(c2ccccc2)CC1=O)c1ccc(Br)cc1. The molecule has 1 fully saturated rings. The fourth-order valence-electron chi connectivity index (χ4n) is 3.15. The number of rotatable bonds is 4. The first-order valence-corrected chi connectivity index (χ1v) is 8.73. The Bertz CT molecular complexity index is 747. The Labute approximate surface area is 149 Å². The summed E-state index contributed by atoms with van der Waals surface area (Å²) in [6, 6.07) is 16.6. The monoisotopic (exact) mass is 384 g/mol. The van der Waals surface area contributed by atoms with E-state index in [4.69, 9.17) is 0 Å². The molecular formula is C20H17BrO3.